The normalized spacial score (nSPS) is 11.7. The molecule has 0 radical (unpaired) electrons. The van der Waals surface area contributed by atoms with E-state index in [-0.39, 0.29) is 11.2 Å². The number of nitrogens with one attached hydrogen (secondary N) is 1. The number of amides is 1. The van der Waals surface area contributed by atoms with Crippen molar-refractivity contribution in [1.82, 2.24) is 10.2 Å². The maximum Gasteiger partial charge on any atom is 0.237 e. The molecule has 1 aromatic carbocycles. The molecule has 0 bridgehead atoms. The lowest BCUT2D eigenvalue weighted by molar-refractivity contribution is -0.115. The highest BCUT2D eigenvalue weighted by atomic mass is 32.2. The summed E-state index contributed by atoms with van der Waals surface area (Å²) in [5.41, 5.74) is 0.975. The van der Waals surface area contributed by atoms with E-state index in [0.717, 1.165) is 8.68 Å². The minimum absolute atomic E-state index is 0.163. The molecule has 0 aliphatic rings. The zero-order valence-electron chi connectivity index (χ0n) is 11.4. The first-order chi connectivity index (χ1) is 10.1. The Morgan fingerprint density at radius 2 is 2.10 bits per heavy atom. The Kier molecular flexibility index (Phi) is 5.61. The van der Waals surface area contributed by atoms with Crippen LogP contribution in [-0.4, -0.2) is 27.6 Å². The summed E-state index contributed by atoms with van der Waals surface area (Å²) in [5, 5.41) is 19.5. The number of carbonyl (C=O) groups excluding carboxylic acids is 1. The second kappa shape index (κ2) is 7.45. The Morgan fingerprint density at radius 1 is 1.38 bits per heavy atom. The van der Waals surface area contributed by atoms with Crippen molar-refractivity contribution in [3.63, 3.8) is 0 Å². The van der Waals surface area contributed by atoms with Gasteiger partial charge in [-0.2, -0.15) is 5.26 Å². The molecule has 2 aromatic rings. The lowest BCUT2D eigenvalue weighted by Crippen LogP contribution is -2.22. The van der Waals surface area contributed by atoms with Crippen molar-refractivity contribution in [2.45, 2.75) is 20.9 Å². The van der Waals surface area contributed by atoms with Crippen LogP contribution >= 0.6 is 34.9 Å². The number of hydrogen-bond acceptors (Lipinski definition) is 7. The fourth-order valence-electron chi connectivity index (χ4n) is 1.46. The Bertz CT molecular complexity index is 680. The number of nitriles is 1. The van der Waals surface area contributed by atoms with E-state index in [2.05, 4.69) is 21.6 Å². The van der Waals surface area contributed by atoms with E-state index in [1.54, 1.807) is 31.2 Å². The maximum absolute atomic E-state index is 12.2. The Morgan fingerprint density at radius 3 is 2.76 bits per heavy atom. The molecule has 1 heterocycles. The van der Waals surface area contributed by atoms with Crippen molar-refractivity contribution in [2.75, 3.05) is 11.6 Å². The van der Waals surface area contributed by atoms with Gasteiger partial charge >= 0.3 is 0 Å². The summed E-state index contributed by atoms with van der Waals surface area (Å²) in [6.45, 7) is 1.80. The van der Waals surface area contributed by atoms with Gasteiger partial charge in [0, 0.05) is 0 Å². The van der Waals surface area contributed by atoms with Crippen LogP contribution in [-0.2, 0) is 4.79 Å². The van der Waals surface area contributed by atoms with Crippen molar-refractivity contribution in [3.8, 4) is 6.07 Å². The van der Waals surface area contributed by atoms with Gasteiger partial charge in [-0.05, 0) is 25.3 Å². The Labute approximate surface area is 135 Å². The van der Waals surface area contributed by atoms with Gasteiger partial charge in [0.1, 0.15) is 6.07 Å². The van der Waals surface area contributed by atoms with Gasteiger partial charge in [-0.25, -0.2) is 0 Å². The van der Waals surface area contributed by atoms with E-state index in [4.69, 9.17) is 5.26 Å². The number of para-hydroxylation sites is 1. The van der Waals surface area contributed by atoms with E-state index in [9.17, 15) is 4.79 Å². The second-order valence-electron chi connectivity index (χ2n) is 3.94. The van der Waals surface area contributed by atoms with Gasteiger partial charge in [-0.3, -0.25) is 4.79 Å². The second-order valence-corrected chi connectivity index (χ2v) is 7.56. The highest BCUT2D eigenvalue weighted by Crippen LogP contribution is 2.30. The van der Waals surface area contributed by atoms with Gasteiger partial charge in [-0.15, -0.1) is 10.2 Å². The van der Waals surface area contributed by atoms with Crippen molar-refractivity contribution in [2.24, 2.45) is 0 Å². The van der Waals surface area contributed by atoms with Crippen molar-refractivity contribution in [3.05, 3.63) is 29.8 Å². The van der Waals surface area contributed by atoms with Crippen LogP contribution in [0.2, 0.25) is 0 Å². The number of hydrogen-bond donors (Lipinski definition) is 1. The molecule has 5 nitrogen and oxygen atoms in total. The SMILES string of the molecule is CSc1nnc(S[C@H](C)C(=O)Nc2ccccc2C#N)s1. The van der Waals surface area contributed by atoms with Gasteiger partial charge in [0.2, 0.25) is 5.91 Å². The fraction of sp³-hybridized carbons (Fsp3) is 0.231. The number of nitrogens with zero attached hydrogens (tertiary/aromatic N) is 3. The van der Waals surface area contributed by atoms with Gasteiger partial charge in [0.25, 0.3) is 0 Å². The van der Waals surface area contributed by atoms with Crippen LogP contribution < -0.4 is 5.32 Å². The molecule has 1 atom stereocenters. The summed E-state index contributed by atoms with van der Waals surface area (Å²) in [4.78, 5) is 12.2. The minimum Gasteiger partial charge on any atom is -0.324 e. The Hall–Kier alpha value is -1.56. The molecule has 108 valence electrons. The van der Waals surface area contributed by atoms with Crippen molar-refractivity contribution < 1.29 is 4.79 Å². The summed E-state index contributed by atoms with van der Waals surface area (Å²) in [6, 6.07) is 8.98. The van der Waals surface area contributed by atoms with E-state index in [1.807, 2.05) is 6.26 Å². The summed E-state index contributed by atoms with van der Waals surface area (Å²) in [5.74, 6) is -0.163. The van der Waals surface area contributed by atoms with E-state index >= 15 is 0 Å². The average Bonchev–Trinajstić information content (AvgIpc) is 2.95. The van der Waals surface area contributed by atoms with Crippen LogP contribution in [0, 0.1) is 11.3 Å². The van der Waals surface area contributed by atoms with E-state index < -0.39 is 0 Å². The topological polar surface area (TPSA) is 78.7 Å². The van der Waals surface area contributed by atoms with Crippen LogP contribution in [0.1, 0.15) is 12.5 Å². The molecular weight excluding hydrogens is 324 g/mol. The summed E-state index contributed by atoms with van der Waals surface area (Å²) < 4.78 is 1.63. The predicted molar refractivity (Wildman–Crippen MR) is 86.8 cm³/mol. The molecule has 0 saturated carbocycles. The highest BCUT2D eigenvalue weighted by molar-refractivity contribution is 8.03. The highest BCUT2D eigenvalue weighted by Gasteiger charge is 2.18. The standard InChI is InChI=1S/C13H12N4OS3/c1-8(20-13-17-16-12(19-2)21-13)11(18)15-10-6-4-3-5-9(10)7-14/h3-6,8H,1-2H3,(H,15,18)/t8-/m1/s1. The quantitative estimate of drug-likeness (QED) is 0.844. The number of rotatable bonds is 5. The van der Waals surface area contributed by atoms with Crippen molar-refractivity contribution in [1.29, 1.82) is 5.26 Å². The first-order valence-electron chi connectivity index (χ1n) is 5.98. The molecule has 1 aromatic heterocycles. The summed E-state index contributed by atoms with van der Waals surface area (Å²) in [6.07, 6.45) is 1.93. The molecule has 0 fully saturated rings. The monoisotopic (exact) mass is 336 g/mol. The molecule has 0 saturated heterocycles. The van der Waals surface area contributed by atoms with E-state index in [0.29, 0.717) is 11.3 Å². The number of aromatic nitrogens is 2. The molecule has 8 heteroatoms. The van der Waals surface area contributed by atoms with Crippen LogP contribution in [0.4, 0.5) is 5.69 Å². The summed E-state index contributed by atoms with van der Waals surface area (Å²) >= 11 is 4.35. The lowest BCUT2D eigenvalue weighted by atomic mass is 10.2. The molecule has 0 unspecified atom stereocenters. The summed E-state index contributed by atoms with van der Waals surface area (Å²) in [7, 11) is 0. The first kappa shape index (κ1) is 15.8. The van der Waals surface area contributed by atoms with Crippen LogP contribution in [0.5, 0.6) is 0 Å². The third-order valence-corrected chi connectivity index (χ3v) is 5.60. The molecule has 1 amide bonds. The first-order valence-corrected chi connectivity index (χ1v) is 8.90. The molecule has 21 heavy (non-hydrogen) atoms. The number of carbonyl (C=O) groups is 1. The predicted octanol–water partition coefficient (Wildman–Crippen LogP) is 3.25. The zero-order valence-corrected chi connectivity index (χ0v) is 13.8. The molecule has 0 spiro atoms. The lowest BCUT2D eigenvalue weighted by Gasteiger charge is -2.11. The van der Waals surface area contributed by atoms with Gasteiger partial charge in [0.15, 0.2) is 8.68 Å². The van der Waals surface area contributed by atoms with Crippen LogP contribution in [0.15, 0.2) is 32.9 Å². The molecule has 1 N–H and O–H groups in total. The van der Waals surface area contributed by atoms with Crippen molar-refractivity contribution >= 4 is 46.5 Å². The smallest absolute Gasteiger partial charge is 0.237 e. The number of benzene rings is 1. The minimum atomic E-state index is -0.320. The third-order valence-electron chi connectivity index (χ3n) is 2.51. The number of thioether (sulfide) groups is 2. The fourth-order valence-corrected chi connectivity index (χ4v) is 4.04. The third kappa shape index (κ3) is 4.20. The maximum atomic E-state index is 12.2. The molecule has 0 aliphatic carbocycles. The van der Waals surface area contributed by atoms with Gasteiger partial charge in [-0.1, -0.05) is 47.0 Å². The molecule has 2 rings (SSSR count). The van der Waals surface area contributed by atoms with E-state index in [1.165, 1.54) is 34.9 Å². The molecular formula is C13H12N4OS3. The van der Waals surface area contributed by atoms with Gasteiger partial charge < -0.3 is 5.32 Å². The zero-order chi connectivity index (χ0) is 15.2. The average molecular weight is 336 g/mol. The number of anilines is 1. The largest absolute Gasteiger partial charge is 0.324 e. The van der Waals surface area contributed by atoms with Gasteiger partial charge in [0.05, 0.1) is 16.5 Å². The van der Waals surface area contributed by atoms with Crippen LogP contribution in [0.25, 0.3) is 0 Å². The Balaban J connectivity index is 2.01. The van der Waals surface area contributed by atoms with Crippen LogP contribution in [0.3, 0.4) is 0 Å². The molecule has 0 aliphatic heterocycles.